The first-order valence-corrected chi connectivity index (χ1v) is 10.2. The standard InChI is InChI=1S/C23H21F3N4O3/c1-13-12-30(18-5-3-16(4-6-18)23(24,25)26)22(33)20-19(7-8-29(13)20)21(32)28-17-9-15(14(2)31)10-27-11-17/h3-11,13-14,31H,12H2,1-2H3,(H,28,32)/t13-,14?/m0/s1. The van der Waals surface area contributed by atoms with Crippen molar-refractivity contribution in [3.63, 3.8) is 0 Å². The monoisotopic (exact) mass is 458 g/mol. The maximum absolute atomic E-state index is 13.3. The molecule has 4 rings (SSSR count). The molecule has 33 heavy (non-hydrogen) atoms. The van der Waals surface area contributed by atoms with Gasteiger partial charge in [-0.2, -0.15) is 13.2 Å². The molecular weight excluding hydrogens is 437 g/mol. The fourth-order valence-electron chi connectivity index (χ4n) is 3.79. The topological polar surface area (TPSA) is 87.5 Å². The van der Waals surface area contributed by atoms with Crippen molar-refractivity contribution >= 4 is 23.2 Å². The molecule has 2 aromatic heterocycles. The Balaban J connectivity index is 1.63. The van der Waals surface area contributed by atoms with E-state index in [-0.39, 0.29) is 23.8 Å². The Bertz CT molecular complexity index is 1200. The Kier molecular flexibility index (Phi) is 5.71. The molecule has 0 spiro atoms. The van der Waals surface area contributed by atoms with Crippen molar-refractivity contribution in [2.24, 2.45) is 0 Å². The van der Waals surface area contributed by atoms with Gasteiger partial charge in [0.05, 0.1) is 29.1 Å². The number of rotatable bonds is 4. The van der Waals surface area contributed by atoms with Crippen molar-refractivity contribution in [2.45, 2.75) is 32.2 Å². The van der Waals surface area contributed by atoms with Crippen LogP contribution in [0.3, 0.4) is 0 Å². The predicted octanol–water partition coefficient (Wildman–Crippen LogP) is 4.43. The molecule has 2 N–H and O–H groups in total. The molecule has 7 nitrogen and oxygen atoms in total. The van der Waals surface area contributed by atoms with E-state index in [0.717, 1.165) is 12.1 Å². The molecule has 172 valence electrons. The van der Waals surface area contributed by atoms with Crippen LogP contribution < -0.4 is 10.2 Å². The number of hydrogen-bond donors (Lipinski definition) is 2. The molecule has 0 fully saturated rings. The number of alkyl halides is 3. The summed E-state index contributed by atoms with van der Waals surface area (Å²) < 4.78 is 40.4. The molecule has 3 heterocycles. The Hall–Kier alpha value is -3.66. The van der Waals surface area contributed by atoms with Gasteiger partial charge in [-0.3, -0.25) is 14.6 Å². The van der Waals surface area contributed by atoms with E-state index in [1.807, 2.05) is 6.92 Å². The molecule has 0 radical (unpaired) electrons. The second-order valence-electron chi connectivity index (χ2n) is 7.93. The van der Waals surface area contributed by atoms with Gasteiger partial charge in [0.25, 0.3) is 11.8 Å². The molecule has 10 heteroatoms. The zero-order valence-electron chi connectivity index (χ0n) is 17.8. The zero-order chi connectivity index (χ0) is 23.9. The number of carbonyl (C=O) groups is 2. The van der Waals surface area contributed by atoms with E-state index in [2.05, 4.69) is 10.3 Å². The predicted molar refractivity (Wildman–Crippen MR) is 115 cm³/mol. The van der Waals surface area contributed by atoms with Crippen molar-refractivity contribution in [2.75, 3.05) is 16.8 Å². The van der Waals surface area contributed by atoms with E-state index in [4.69, 9.17) is 0 Å². The van der Waals surface area contributed by atoms with Crippen LogP contribution in [-0.4, -0.2) is 33.0 Å². The van der Waals surface area contributed by atoms with Crippen LogP contribution in [0.5, 0.6) is 0 Å². The minimum absolute atomic E-state index is 0.130. The zero-order valence-corrected chi connectivity index (χ0v) is 17.8. The lowest BCUT2D eigenvalue weighted by molar-refractivity contribution is -0.137. The van der Waals surface area contributed by atoms with Gasteiger partial charge in [0.1, 0.15) is 5.69 Å². The van der Waals surface area contributed by atoms with E-state index in [0.29, 0.717) is 16.9 Å². The first-order valence-electron chi connectivity index (χ1n) is 10.2. The summed E-state index contributed by atoms with van der Waals surface area (Å²) in [7, 11) is 0. The molecule has 1 aliphatic heterocycles. The van der Waals surface area contributed by atoms with Gasteiger partial charge in [0, 0.05) is 36.2 Å². The second-order valence-corrected chi connectivity index (χ2v) is 7.93. The second kappa shape index (κ2) is 8.36. The number of aliphatic hydroxyl groups excluding tert-OH is 1. The number of nitrogens with one attached hydrogen (secondary N) is 1. The number of carbonyl (C=O) groups excluding carboxylic acids is 2. The van der Waals surface area contributed by atoms with Gasteiger partial charge >= 0.3 is 6.18 Å². The number of nitrogens with zero attached hydrogens (tertiary/aromatic N) is 3. The lowest BCUT2D eigenvalue weighted by Gasteiger charge is -2.33. The summed E-state index contributed by atoms with van der Waals surface area (Å²) in [4.78, 5) is 31.6. The minimum Gasteiger partial charge on any atom is -0.389 e. The van der Waals surface area contributed by atoms with Gasteiger partial charge in [-0.05, 0) is 50.2 Å². The molecule has 2 atom stereocenters. The van der Waals surface area contributed by atoms with E-state index >= 15 is 0 Å². The van der Waals surface area contributed by atoms with Crippen molar-refractivity contribution < 1.29 is 27.9 Å². The Morgan fingerprint density at radius 2 is 1.91 bits per heavy atom. The van der Waals surface area contributed by atoms with Gasteiger partial charge in [-0.1, -0.05) is 0 Å². The molecule has 3 aromatic rings. The minimum atomic E-state index is -4.47. The molecular formula is C23H21F3N4O3. The highest BCUT2D eigenvalue weighted by molar-refractivity contribution is 6.16. The average molecular weight is 458 g/mol. The summed E-state index contributed by atoms with van der Waals surface area (Å²) in [6, 6.07) is 7.26. The number of anilines is 2. The van der Waals surface area contributed by atoms with Crippen LogP contribution in [0.25, 0.3) is 0 Å². The SMILES string of the molecule is CC(O)c1cncc(NC(=O)c2ccn3c2C(=O)N(c2ccc(C(F)(F)F)cc2)C[C@@H]3C)c1. The smallest absolute Gasteiger partial charge is 0.389 e. The summed E-state index contributed by atoms with van der Waals surface area (Å²) in [6.07, 6.45) is -0.700. The van der Waals surface area contributed by atoms with Crippen LogP contribution in [0, 0.1) is 0 Å². The molecule has 0 saturated carbocycles. The van der Waals surface area contributed by atoms with Gasteiger partial charge in [0.15, 0.2) is 0 Å². The third-order valence-electron chi connectivity index (χ3n) is 5.54. The molecule has 1 aromatic carbocycles. The maximum atomic E-state index is 13.3. The third-order valence-corrected chi connectivity index (χ3v) is 5.54. The van der Waals surface area contributed by atoms with E-state index < -0.39 is 29.7 Å². The number of benzene rings is 1. The molecule has 0 aliphatic carbocycles. The number of amides is 2. The Labute approximate surface area is 187 Å². The number of fused-ring (bicyclic) bond motifs is 1. The molecule has 2 amide bonds. The fraction of sp³-hybridized carbons (Fsp3) is 0.261. The third kappa shape index (κ3) is 4.34. The van der Waals surface area contributed by atoms with Gasteiger partial charge in [-0.15, -0.1) is 0 Å². The highest BCUT2D eigenvalue weighted by Gasteiger charge is 2.35. The molecule has 0 saturated heterocycles. The van der Waals surface area contributed by atoms with Crippen molar-refractivity contribution in [1.29, 1.82) is 0 Å². The van der Waals surface area contributed by atoms with Crippen LogP contribution in [0.15, 0.2) is 55.0 Å². The molecule has 1 aliphatic rings. The van der Waals surface area contributed by atoms with E-state index in [1.54, 1.807) is 23.8 Å². The number of pyridine rings is 1. The summed E-state index contributed by atoms with van der Waals surface area (Å²) >= 11 is 0. The highest BCUT2D eigenvalue weighted by Crippen LogP contribution is 2.33. The van der Waals surface area contributed by atoms with Crippen LogP contribution in [0.2, 0.25) is 0 Å². The summed E-state index contributed by atoms with van der Waals surface area (Å²) in [5, 5.41) is 12.4. The molecule has 0 bridgehead atoms. The lowest BCUT2D eigenvalue weighted by Crippen LogP contribution is -2.43. The number of hydrogen-bond acceptors (Lipinski definition) is 4. The number of halogens is 3. The number of aromatic nitrogens is 2. The Morgan fingerprint density at radius 1 is 1.21 bits per heavy atom. The Morgan fingerprint density at radius 3 is 2.55 bits per heavy atom. The highest BCUT2D eigenvalue weighted by atomic mass is 19.4. The van der Waals surface area contributed by atoms with E-state index in [9.17, 15) is 27.9 Å². The first kappa shape index (κ1) is 22.5. The first-order chi connectivity index (χ1) is 15.6. The summed E-state index contributed by atoms with van der Waals surface area (Å²) in [5.74, 6) is -1.03. The fourth-order valence-corrected chi connectivity index (χ4v) is 3.79. The normalized spacial score (nSPS) is 17.0. The van der Waals surface area contributed by atoms with Gasteiger partial charge in [-0.25, -0.2) is 0 Å². The van der Waals surface area contributed by atoms with Gasteiger partial charge in [0.2, 0.25) is 0 Å². The quantitative estimate of drug-likeness (QED) is 0.606. The van der Waals surface area contributed by atoms with Crippen LogP contribution in [-0.2, 0) is 6.18 Å². The number of aliphatic hydroxyl groups is 1. The van der Waals surface area contributed by atoms with Crippen molar-refractivity contribution in [3.8, 4) is 0 Å². The largest absolute Gasteiger partial charge is 0.416 e. The van der Waals surface area contributed by atoms with E-state index in [1.165, 1.54) is 35.5 Å². The lowest BCUT2D eigenvalue weighted by atomic mass is 10.1. The van der Waals surface area contributed by atoms with Crippen molar-refractivity contribution in [1.82, 2.24) is 9.55 Å². The van der Waals surface area contributed by atoms with Gasteiger partial charge < -0.3 is 19.9 Å². The van der Waals surface area contributed by atoms with Crippen LogP contribution >= 0.6 is 0 Å². The maximum Gasteiger partial charge on any atom is 0.416 e. The average Bonchev–Trinajstić information content (AvgIpc) is 3.22. The van der Waals surface area contributed by atoms with Crippen LogP contribution in [0.1, 0.15) is 58.0 Å². The summed E-state index contributed by atoms with van der Waals surface area (Å²) in [6.45, 7) is 3.67. The molecule has 1 unspecified atom stereocenters. The van der Waals surface area contributed by atoms with Crippen LogP contribution in [0.4, 0.5) is 24.5 Å². The van der Waals surface area contributed by atoms with Crippen molar-refractivity contribution in [3.05, 3.63) is 77.4 Å². The summed E-state index contributed by atoms with van der Waals surface area (Å²) in [5.41, 5.74) is 0.656.